The average Bonchev–Trinajstić information content (AvgIpc) is 3.18. The van der Waals surface area contributed by atoms with E-state index >= 15 is 0 Å². The van der Waals surface area contributed by atoms with E-state index in [1.807, 2.05) is 13.8 Å². The maximum absolute atomic E-state index is 10.7. The number of aryl methyl sites for hydroxylation is 2. The number of hydrogen-bond donors (Lipinski definition) is 0. The van der Waals surface area contributed by atoms with Crippen LogP contribution in [0.25, 0.3) is 0 Å². The molecule has 1 heterocycles. The number of anilines is 1. The first-order valence-electron chi connectivity index (χ1n) is 14.9. The third-order valence-electron chi connectivity index (χ3n) is 8.39. The van der Waals surface area contributed by atoms with Crippen LogP contribution in [0, 0.1) is 28.0 Å². The molecule has 8 heteroatoms. The normalized spacial score (nSPS) is 20.8. The Labute approximate surface area is 260 Å². The fourth-order valence-corrected chi connectivity index (χ4v) is 8.39. The average molecular weight is 692 g/mol. The molecule has 0 amide bonds. The number of hydrogen-bond acceptors (Lipinski definition) is 4. The van der Waals surface area contributed by atoms with Crippen molar-refractivity contribution in [3.05, 3.63) is 69.7 Å². The number of ether oxygens (including phenoxy) is 1. The zero-order chi connectivity index (χ0) is 30.4. The number of rotatable bonds is 8. The fourth-order valence-electron chi connectivity index (χ4n) is 6.61. The Morgan fingerprint density at radius 2 is 1.71 bits per heavy atom. The first-order chi connectivity index (χ1) is 19.3. The van der Waals surface area contributed by atoms with Gasteiger partial charge in [0, 0.05) is 11.2 Å². The van der Waals surface area contributed by atoms with Crippen molar-refractivity contribution in [2.24, 2.45) is 11.3 Å². The van der Waals surface area contributed by atoms with E-state index in [2.05, 4.69) is 64.3 Å². The smallest absolute Gasteiger partial charge is 0.0140 e. The van der Waals surface area contributed by atoms with E-state index in [1.165, 1.54) is 67.5 Å². The van der Waals surface area contributed by atoms with Gasteiger partial charge in [0.25, 0.3) is 0 Å². The molecule has 2 aliphatic rings. The van der Waals surface area contributed by atoms with Crippen molar-refractivity contribution in [1.29, 1.82) is 0 Å². The van der Waals surface area contributed by atoms with Gasteiger partial charge in [-0.05, 0) is 37.8 Å². The number of non-ortho nitro benzene ring substituents is 1. The third-order valence-corrected chi connectivity index (χ3v) is 10.2. The van der Waals surface area contributed by atoms with Crippen molar-refractivity contribution >= 4 is 35.4 Å². The number of nitrogens with zero attached hydrogens (tertiary/aromatic N) is 2. The minimum absolute atomic E-state index is 0.00360. The maximum Gasteiger partial charge on any atom is 0.0140 e. The molecule has 41 heavy (non-hydrogen) atoms. The van der Waals surface area contributed by atoms with Crippen LogP contribution in [0.5, 0.6) is 5.75 Å². The first-order valence-corrected chi connectivity index (χ1v) is 20.3. The second-order valence-electron chi connectivity index (χ2n) is 12.4. The zero-order valence-electron chi connectivity index (χ0n) is 25.7. The van der Waals surface area contributed by atoms with E-state index in [9.17, 15) is 10.1 Å². The van der Waals surface area contributed by atoms with Crippen LogP contribution < -0.4 is 9.64 Å². The molecule has 1 aliphatic carbocycles. The van der Waals surface area contributed by atoms with Crippen LogP contribution in [0.1, 0.15) is 104 Å². The fraction of sp³-hybridized carbons (Fsp3) is 0.576. The summed E-state index contributed by atoms with van der Waals surface area (Å²) in [5, 5.41) is 10.7. The third kappa shape index (κ3) is 8.77. The Bertz CT molecular complexity index is 1200. The molecule has 0 aromatic heterocycles. The van der Waals surface area contributed by atoms with Crippen molar-refractivity contribution in [3.8, 4) is 5.75 Å². The van der Waals surface area contributed by atoms with Gasteiger partial charge in [0.05, 0.1) is 0 Å². The minimum atomic E-state index is -2.05. The summed E-state index contributed by atoms with van der Waals surface area (Å²) in [5.41, 5.74) is 5.66. The zero-order valence-corrected chi connectivity index (χ0v) is 28.9. The summed E-state index contributed by atoms with van der Waals surface area (Å²) in [6.45, 7) is 18.4. The second-order valence-corrected chi connectivity index (χ2v) is 18.1. The molecule has 2 fully saturated rings. The molecule has 0 radical (unpaired) electrons. The van der Waals surface area contributed by atoms with Crippen LogP contribution >= 0.6 is 19.4 Å². The van der Waals surface area contributed by atoms with Gasteiger partial charge in [-0.3, -0.25) is 0 Å². The van der Waals surface area contributed by atoms with E-state index in [4.69, 9.17) is 24.1 Å². The number of benzene rings is 2. The molecule has 1 saturated heterocycles. The second kappa shape index (κ2) is 14.8. The monoisotopic (exact) mass is 691 g/mol. The molecule has 1 saturated carbocycles. The summed E-state index contributed by atoms with van der Waals surface area (Å²) < 4.78 is 7.17. The molecule has 0 N–H and O–H groups in total. The van der Waals surface area contributed by atoms with Crippen molar-refractivity contribution < 1.29 is 23.2 Å². The Morgan fingerprint density at radius 1 is 1.10 bits per heavy atom. The van der Waals surface area contributed by atoms with Crippen LogP contribution in [-0.2, 0) is 26.4 Å². The van der Waals surface area contributed by atoms with Gasteiger partial charge in [0.2, 0.25) is 0 Å². The van der Waals surface area contributed by atoms with Crippen LogP contribution in [0.3, 0.4) is 0 Å². The van der Waals surface area contributed by atoms with Gasteiger partial charge in [-0.15, -0.1) is 5.41 Å². The molecule has 5 nitrogen and oxygen atoms in total. The topological polar surface area (TPSA) is 55.6 Å². The standard InChI is InChI=1S/C23H36N.C10H11NO3.2ClH.Ru/c1-6-18-12-11-13-19(7-2)21(18)24-17-23(5,16-22(24,3)4)20-14-9-8-10-15-20;1-7(2)14-10-5-4-9(11(12)13)6-8(10)3;;;/h11-13,17,20H,6-10,14-16H2,1-5H3;3-7H,1-2H3;2*1H;/q-1;;;;+2/p-2/t23-;;;;/m1..../s1. The van der Waals surface area contributed by atoms with Gasteiger partial charge >= 0.3 is 112 Å². The molecule has 230 valence electrons. The molecule has 2 aromatic carbocycles. The SMILES string of the molecule is CC(C)Oc1ccc([N+](=O)[O-])cc1[CH]=[Ru]([Cl])[Cl].CCc1cccc(CC)c1N1[CH-][C@](C)(C2CCCCC2)CC1(C)C. The number of halogens is 2. The van der Waals surface area contributed by atoms with Crippen molar-refractivity contribution in [1.82, 2.24) is 0 Å². The van der Waals surface area contributed by atoms with Crippen molar-refractivity contribution in [2.75, 3.05) is 4.90 Å². The summed E-state index contributed by atoms with van der Waals surface area (Å²) in [6, 6.07) is 11.3. The van der Waals surface area contributed by atoms with Crippen LogP contribution in [-0.4, -0.2) is 21.2 Å². The number of para-hydroxylation sites is 1. The first kappa shape index (κ1) is 34.0. The molecule has 1 aliphatic heterocycles. The van der Waals surface area contributed by atoms with E-state index in [0.717, 1.165) is 18.8 Å². The molecule has 4 rings (SSSR count). The van der Waals surface area contributed by atoms with E-state index in [0.29, 0.717) is 16.7 Å². The Hall–Kier alpha value is -1.49. The quantitative estimate of drug-likeness (QED) is 0.120. The molecular formula is C33H47Cl2N2O3Ru-. The van der Waals surface area contributed by atoms with Gasteiger partial charge < -0.3 is 4.90 Å². The van der Waals surface area contributed by atoms with Gasteiger partial charge in [-0.2, -0.15) is 0 Å². The predicted molar refractivity (Wildman–Crippen MR) is 171 cm³/mol. The van der Waals surface area contributed by atoms with Gasteiger partial charge in [0.1, 0.15) is 0 Å². The van der Waals surface area contributed by atoms with Crippen molar-refractivity contribution in [3.63, 3.8) is 0 Å². The van der Waals surface area contributed by atoms with Gasteiger partial charge in [0.15, 0.2) is 0 Å². The summed E-state index contributed by atoms with van der Waals surface area (Å²) in [4.78, 5) is 12.9. The maximum atomic E-state index is 10.7. The van der Waals surface area contributed by atoms with Gasteiger partial charge in [-0.25, -0.2) is 6.54 Å². The van der Waals surface area contributed by atoms with E-state index in [-0.39, 0.29) is 17.3 Å². The number of nitro groups is 1. The molecule has 1 atom stereocenters. The van der Waals surface area contributed by atoms with Gasteiger partial charge in [-0.1, -0.05) is 83.4 Å². The molecular weight excluding hydrogens is 644 g/mol. The van der Waals surface area contributed by atoms with Crippen LogP contribution in [0.2, 0.25) is 0 Å². The summed E-state index contributed by atoms with van der Waals surface area (Å²) >= 11 is -2.05. The summed E-state index contributed by atoms with van der Waals surface area (Å²) in [5.74, 6) is 1.43. The Kier molecular flexibility index (Phi) is 12.3. The predicted octanol–water partition coefficient (Wildman–Crippen LogP) is 10.0. The molecule has 0 unspecified atom stereocenters. The molecule has 0 spiro atoms. The minimum Gasteiger partial charge on any atom is -0.517 e. The summed E-state index contributed by atoms with van der Waals surface area (Å²) in [7, 11) is 11.6. The largest absolute Gasteiger partial charge is 0.517 e. The van der Waals surface area contributed by atoms with Crippen LogP contribution in [0.15, 0.2) is 36.4 Å². The van der Waals surface area contributed by atoms with Crippen LogP contribution in [0.4, 0.5) is 11.4 Å². The Balaban J connectivity index is 0.000000241. The molecule has 2 aromatic rings. The van der Waals surface area contributed by atoms with Crippen molar-refractivity contribution in [2.45, 2.75) is 111 Å². The summed E-state index contributed by atoms with van der Waals surface area (Å²) in [6.07, 6.45) is 10.6. The van der Waals surface area contributed by atoms with E-state index in [1.54, 1.807) is 10.7 Å². The van der Waals surface area contributed by atoms with E-state index < -0.39 is 18.4 Å². The number of nitro benzene ring substituents is 1. The Morgan fingerprint density at radius 3 is 2.22 bits per heavy atom. The molecule has 0 bridgehead atoms.